The van der Waals surface area contributed by atoms with Gasteiger partial charge in [0.25, 0.3) is 0 Å². The molecule has 1 aromatic carbocycles. The Morgan fingerprint density at radius 1 is 1.25 bits per heavy atom. The van der Waals surface area contributed by atoms with Crippen LogP contribution in [0.5, 0.6) is 0 Å². The highest BCUT2D eigenvalue weighted by molar-refractivity contribution is 5.87. The number of carboxylic acid groups (broad SMARTS) is 1. The fourth-order valence-corrected chi connectivity index (χ4v) is 0.943. The van der Waals surface area contributed by atoms with Crippen LogP contribution in [0, 0.1) is 0 Å². The first-order valence-corrected chi connectivity index (χ1v) is 3.67. The third-order valence-electron chi connectivity index (χ3n) is 1.60. The molecule has 2 N–H and O–H groups in total. The first-order valence-electron chi connectivity index (χ1n) is 3.67. The number of hydrogen-bond donors (Lipinski definition) is 2. The molecule has 12 heavy (non-hydrogen) atoms. The maximum absolute atomic E-state index is 10.4. The molecule has 0 amide bonds. The SMILES string of the molecule is O=C(O)c1ccc(CCO)cc1. The van der Waals surface area contributed by atoms with Crippen molar-refractivity contribution in [2.45, 2.75) is 6.42 Å². The molecule has 0 aliphatic heterocycles. The van der Waals surface area contributed by atoms with Crippen molar-refractivity contribution in [3.63, 3.8) is 0 Å². The van der Waals surface area contributed by atoms with E-state index >= 15 is 0 Å². The molecule has 3 heteroatoms. The van der Waals surface area contributed by atoms with Crippen LogP contribution in [-0.4, -0.2) is 22.8 Å². The van der Waals surface area contributed by atoms with E-state index in [-0.39, 0.29) is 12.2 Å². The third-order valence-corrected chi connectivity index (χ3v) is 1.60. The highest BCUT2D eigenvalue weighted by atomic mass is 16.4. The minimum Gasteiger partial charge on any atom is -0.478 e. The number of aliphatic hydroxyl groups is 1. The molecule has 0 atom stereocenters. The predicted octanol–water partition coefficient (Wildman–Crippen LogP) is 0.920. The summed E-state index contributed by atoms with van der Waals surface area (Å²) in [5.74, 6) is -0.925. The van der Waals surface area contributed by atoms with Gasteiger partial charge in [0.1, 0.15) is 0 Å². The molecule has 0 spiro atoms. The molecule has 1 rings (SSSR count). The van der Waals surface area contributed by atoms with Crippen LogP contribution in [-0.2, 0) is 6.42 Å². The van der Waals surface area contributed by atoms with Gasteiger partial charge in [0.05, 0.1) is 5.56 Å². The number of aromatic carboxylic acids is 1. The maximum atomic E-state index is 10.4. The summed E-state index contributed by atoms with van der Waals surface area (Å²) in [6, 6.07) is 6.49. The minimum atomic E-state index is -0.925. The van der Waals surface area contributed by atoms with Crippen molar-refractivity contribution in [2.24, 2.45) is 0 Å². The van der Waals surface area contributed by atoms with Crippen LogP contribution < -0.4 is 0 Å². The predicted molar refractivity (Wildman–Crippen MR) is 44.2 cm³/mol. The van der Waals surface area contributed by atoms with Gasteiger partial charge in [-0.25, -0.2) is 4.79 Å². The Kier molecular flexibility index (Phi) is 2.82. The number of aliphatic hydroxyl groups excluding tert-OH is 1. The zero-order valence-corrected chi connectivity index (χ0v) is 6.53. The van der Waals surface area contributed by atoms with Gasteiger partial charge in [0.2, 0.25) is 0 Å². The lowest BCUT2D eigenvalue weighted by Gasteiger charge is -1.97. The van der Waals surface area contributed by atoms with Gasteiger partial charge in [-0.15, -0.1) is 0 Å². The highest BCUT2D eigenvalue weighted by Crippen LogP contribution is 2.04. The molecule has 0 unspecified atom stereocenters. The Hall–Kier alpha value is -1.35. The molecule has 0 saturated carbocycles. The van der Waals surface area contributed by atoms with Crippen LogP contribution in [0.25, 0.3) is 0 Å². The molecule has 0 heterocycles. The Morgan fingerprint density at radius 2 is 1.83 bits per heavy atom. The van der Waals surface area contributed by atoms with Crippen molar-refractivity contribution in [1.29, 1.82) is 0 Å². The summed E-state index contributed by atoms with van der Waals surface area (Å²) in [7, 11) is 0. The lowest BCUT2D eigenvalue weighted by molar-refractivity contribution is 0.0697. The highest BCUT2D eigenvalue weighted by Gasteiger charge is 2.00. The van der Waals surface area contributed by atoms with Crippen molar-refractivity contribution in [3.8, 4) is 0 Å². The number of carboxylic acids is 1. The molecule has 1 aromatic rings. The average molecular weight is 166 g/mol. The van der Waals surface area contributed by atoms with E-state index < -0.39 is 5.97 Å². The van der Waals surface area contributed by atoms with Gasteiger partial charge in [-0.05, 0) is 24.1 Å². The summed E-state index contributed by atoms with van der Waals surface area (Å²) in [5, 5.41) is 17.1. The average Bonchev–Trinajstić information content (AvgIpc) is 2.06. The minimum absolute atomic E-state index is 0.0897. The fraction of sp³-hybridized carbons (Fsp3) is 0.222. The van der Waals surface area contributed by atoms with Gasteiger partial charge in [-0.1, -0.05) is 12.1 Å². The summed E-state index contributed by atoms with van der Waals surface area (Å²) in [6.45, 7) is 0.0897. The Labute approximate surface area is 70.3 Å². The monoisotopic (exact) mass is 166 g/mol. The molecule has 0 fully saturated rings. The van der Waals surface area contributed by atoms with Crippen LogP contribution in [0.1, 0.15) is 15.9 Å². The largest absolute Gasteiger partial charge is 0.478 e. The van der Waals surface area contributed by atoms with E-state index in [1.54, 1.807) is 12.1 Å². The Morgan fingerprint density at radius 3 is 2.25 bits per heavy atom. The fourth-order valence-electron chi connectivity index (χ4n) is 0.943. The van der Waals surface area contributed by atoms with E-state index in [1.165, 1.54) is 12.1 Å². The van der Waals surface area contributed by atoms with Crippen LogP contribution >= 0.6 is 0 Å². The van der Waals surface area contributed by atoms with E-state index in [0.29, 0.717) is 6.42 Å². The molecule has 3 nitrogen and oxygen atoms in total. The Balaban J connectivity index is 2.78. The van der Waals surface area contributed by atoms with E-state index in [0.717, 1.165) is 5.56 Å². The van der Waals surface area contributed by atoms with Gasteiger partial charge in [-0.2, -0.15) is 0 Å². The molecular weight excluding hydrogens is 156 g/mol. The van der Waals surface area contributed by atoms with Crippen molar-refractivity contribution in [3.05, 3.63) is 35.4 Å². The molecule has 0 radical (unpaired) electrons. The number of benzene rings is 1. The molecule has 0 aromatic heterocycles. The summed E-state index contributed by atoms with van der Waals surface area (Å²) < 4.78 is 0. The maximum Gasteiger partial charge on any atom is 0.335 e. The molecule has 64 valence electrons. The van der Waals surface area contributed by atoms with Crippen molar-refractivity contribution >= 4 is 5.97 Å². The number of rotatable bonds is 3. The standard InChI is InChI=1S/C9H10O3/c10-6-5-7-1-3-8(4-2-7)9(11)12/h1-4,10H,5-6H2,(H,11,12). The lowest BCUT2D eigenvalue weighted by Crippen LogP contribution is -1.97. The zero-order valence-electron chi connectivity index (χ0n) is 6.53. The Bertz CT molecular complexity index is 264. The smallest absolute Gasteiger partial charge is 0.335 e. The topological polar surface area (TPSA) is 57.5 Å². The zero-order chi connectivity index (χ0) is 8.97. The summed E-state index contributed by atoms with van der Waals surface area (Å²) >= 11 is 0. The van der Waals surface area contributed by atoms with Crippen LogP contribution in [0.2, 0.25) is 0 Å². The van der Waals surface area contributed by atoms with E-state index in [9.17, 15) is 4.79 Å². The normalized spacial score (nSPS) is 9.75. The van der Waals surface area contributed by atoms with Crippen molar-refractivity contribution in [1.82, 2.24) is 0 Å². The van der Waals surface area contributed by atoms with Gasteiger partial charge in [0.15, 0.2) is 0 Å². The first kappa shape index (κ1) is 8.74. The molecule has 0 aliphatic rings. The van der Waals surface area contributed by atoms with Crippen LogP contribution in [0.3, 0.4) is 0 Å². The van der Waals surface area contributed by atoms with Gasteiger partial charge >= 0.3 is 5.97 Å². The molecular formula is C9H10O3. The van der Waals surface area contributed by atoms with Crippen LogP contribution in [0.15, 0.2) is 24.3 Å². The van der Waals surface area contributed by atoms with Crippen LogP contribution in [0.4, 0.5) is 0 Å². The first-order chi connectivity index (χ1) is 5.74. The molecule has 0 saturated heterocycles. The van der Waals surface area contributed by atoms with Gasteiger partial charge < -0.3 is 10.2 Å². The number of carbonyl (C=O) groups is 1. The second kappa shape index (κ2) is 3.88. The van der Waals surface area contributed by atoms with Gasteiger partial charge in [0, 0.05) is 6.61 Å². The van der Waals surface area contributed by atoms with E-state index in [4.69, 9.17) is 10.2 Å². The van der Waals surface area contributed by atoms with Gasteiger partial charge in [-0.3, -0.25) is 0 Å². The number of hydrogen-bond acceptors (Lipinski definition) is 2. The summed E-state index contributed by atoms with van der Waals surface area (Å²) in [6.07, 6.45) is 0.569. The quantitative estimate of drug-likeness (QED) is 0.702. The third kappa shape index (κ3) is 2.07. The van der Waals surface area contributed by atoms with E-state index in [1.807, 2.05) is 0 Å². The summed E-state index contributed by atoms with van der Waals surface area (Å²) in [5.41, 5.74) is 1.22. The second-order valence-corrected chi connectivity index (χ2v) is 2.48. The van der Waals surface area contributed by atoms with E-state index in [2.05, 4.69) is 0 Å². The molecule has 0 bridgehead atoms. The second-order valence-electron chi connectivity index (χ2n) is 2.48. The van der Waals surface area contributed by atoms with Crippen molar-refractivity contribution in [2.75, 3.05) is 6.61 Å². The van der Waals surface area contributed by atoms with Crippen molar-refractivity contribution < 1.29 is 15.0 Å². The summed E-state index contributed by atoms with van der Waals surface area (Å²) in [4.78, 5) is 10.4. The molecule has 0 aliphatic carbocycles. The lowest BCUT2D eigenvalue weighted by atomic mass is 10.1.